The molecule has 174 valence electrons. The van der Waals surface area contributed by atoms with Crippen molar-refractivity contribution >= 4 is 11.7 Å². The Morgan fingerprint density at radius 1 is 0.912 bits per heavy atom. The zero-order valence-electron chi connectivity index (χ0n) is 19.4. The summed E-state index contributed by atoms with van der Waals surface area (Å²) in [7, 11) is 3.06. The van der Waals surface area contributed by atoms with E-state index >= 15 is 0 Å². The van der Waals surface area contributed by atoms with Gasteiger partial charge in [0, 0.05) is 11.6 Å². The van der Waals surface area contributed by atoms with Crippen LogP contribution < -0.4 is 19.5 Å². The minimum absolute atomic E-state index is 0.308. The Bertz CT molecular complexity index is 1230. The molecule has 1 amide bonds. The molecule has 0 spiro atoms. The van der Waals surface area contributed by atoms with Crippen molar-refractivity contribution in [1.82, 2.24) is 9.78 Å². The number of amides is 1. The summed E-state index contributed by atoms with van der Waals surface area (Å²) < 4.78 is 18.7. The number of hydrogen-bond donors (Lipinski definition) is 1. The second-order valence-electron chi connectivity index (χ2n) is 7.80. The van der Waals surface area contributed by atoms with E-state index in [1.54, 1.807) is 29.1 Å². The van der Waals surface area contributed by atoms with E-state index in [4.69, 9.17) is 14.2 Å². The highest BCUT2D eigenvalue weighted by Crippen LogP contribution is 2.39. The van der Waals surface area contributed by atoms with E-state index in [0.717, 1.165) is 11.1 Å². The fourth-order valence-corrected chi connectivity index (χ4v) is 3.50. The average molecular weight is 458 g/mol. The first-order valence-corrected chi connectivity index (χ1v) is 10.9. The predicted octanol–water partition coefficient (Wildman–Crippen LogP) is 5.09. The number of methoxy groups -OCH3 is 2. The van der Waals surface area contributed by atoms with E-state index in [9.17, 15) is 4.79 Å². The minimum atomic E-state index is -0.308. The lowest BCUT2D eigenvalue weighted by Gasteiger charge is -2.16. The third kappa shape index (κ3) is 5.38. The fraction of sp³-hybridized carbons (Fsp3) is 0.185. The molecule has 0 saturated heterocycles. The van der Waals surface area contributed by atoms with Crippen LogP contribution in [0.25, 0.3) is 0 Å². The number of benzene rings is 3. The highest BCUT2D eigenvalue weighted by Gasteiger charge is 2.19. The lowest BCUT2D eigenvalue weighted by Crippen LogP contribution is -2.16. The van der Waals surface area contributed by atoms with Crippen molar-refractivity contribution in [2.75, 3.05) is 19.5 Å². The van der Waals surface area contributed by atoms with Crippen LogP contribution in [0.2, 0.25) is 0 Å². The van der Waals surface area contributed by atoms with Gasteiger partial charge >= 0.3 is 0 Å². The van der Waals surface area contributed by atoms with Gasteiger partial charge in [0.1, 0.15) is 12.4 Å². The number of hydrogen-bond acceptors (Lipinski definition) is 5. The molecule has 0 aliphatic rings. The monoisotopic (exact) mass is 457 g/mol. The minimum Gasteiger partial charge on any atom is -0.493 e. The molecule has 0 unspecified atom stereocenters. The molecule has 0 fully saturated rings. The van der Waals surface area contributed by atoms with E-state index in [1.165, 1.54) is 19.8 Å². The molecule has 0 radical (unpaired) electrons. The van der Waals surface area contributed by atoms with Crippen LogP contribution in [-0.2, 0) is 13.2 Å². The van der Waals surface area contributed by atoms with Crippen molar-refractivity contribution in [3.05, 3.63) is 101 Å². The molecule has 4 rings (SSSR count). The maximum atomic E-state index is 13.1. The summed E-state index contributed by atoms with van der Waals surface area (Å²) in [5.74, 6) is 1.54. The van der Waals surface area contributed by atoms with Gasteiger partial charge in [-0.25, -0.2) is 4.68 Å². The predicted molar refractivity (Wildman–Crippen MR) is 131 cm³/mol. The van der Waals surface area contributed by atoms with Gasteiger partial charge in [-0.1, -0.05) is 60.2 Å². The number of anilines is 1. The molecule has 0 atom stereocenters. The second-order valence-corrected chi connectivity index (χ2v) is 7.80. The lowest BCUT2D eigenvalue weighted by molar-refractivity contribution is 0.102. The first kappa shape index (κ1) is 22.9. The van der Waals surface area contributed by atoms with Gasteiger partial charge < -0.3 is 19.5 Å². The van der Waals surface area contributed by atoms with Gasteiger partial charge in [0.05, 0.1) is 27.0 Å². The van der Waals surface area contributed by atoms with Crippen LogP contribution >= 0.6 is 0 Å². The van der Waals surface area contributed by atoms with Gasteiger partial charge in [0.25, 0.3) is 5.91 Å². The Balaban J connectivity index is 1.52. The van der Waals surface area contributed by atoms with Crippen molar-refractivity contribution in [3.8, 4) is 17.2 Å². The Morgan fingerprint density at radius 3 is 2.24 bits per heavy atom. The summed E-state index contributed by atoms with van der Waals surface area (Å²) in [4.78, 5) is 13.1. The van der Waals surface area contributed by atoms with Gasteiger partial charge in [-0.3, -0.25) is 4.79 Å². The number of nitrogens with zero attached hydrogens (tertiary/aromatic N) is 2. The maximum Gasteiger partial charge on any atom is 0.257 e. The van der Waals surface area contributed by atoms with E-state index < -0.39 is 0 Å². The molecule has 7 nitrogen and oxygen atoms in total. The Labute approximate surface area is 198 Å². The van der Waals surface area contributed by atoms with Gasteiger partial charge in [0.2, 0.25) is 5.75 Å². The van der Waals surface area contributed by atoms with Crippen molar-refractivity contribution in [2.45, 2.75) is 20.1 Å². The SMILES string of the molecule is COc1cc(C(=O)Nc2ccnn2Cc2ccc(C)cc2)cc(OC)c1OCc1ccccc1. The first-order chi connectivity index (χ1) is 16.6. The van der Waals surface area contributed by atoms with Crippen molar-refractivity contribution in [1.29, 1.82) is 0 Å². The maximum absolute atomic E-state index is 13.1. The zero-order valence-corrected chi connectivity index (χ0v) is 19.4. The first-order valence-electron chi connectivity index (χ1n) is 10.9. The van der Waals surface area contributed by atoms with Crippen LogP contribution in [0, 0.1) is 6.92 Å². The van der Waals surface area contributed by atoms with Crippen molar-refractivity contribution < 1.29 is 19.0 Å². The van der Waals surface area contributed by atoms with Gasteiger partial charge in [0.15, 0.2) is 11.5 Å². The van der Waals surface area contributed by atoms with Crippen molar-refractivity contribution in [3.63, 3.8) is 0 Å². The molecule has 1 heterocycles. The molecule has 1 N–H and O–H groups in total. The number of carbonyl (C=O) groups is 1. The van der Waals surface area contributed by atoms with E-state index in [-0.39, 0.29) is 5.91 Å². The van der Waals surface area contributed by atoms with Crippen LogP contribution in [-0.4, -0.2) is 29.9 Å². The number of rotatable bonds is 9. The Morgan fingerprint density at radius 2 is 1.59 bits per heavy atom. The lowest BCUT2D eigenvalue weighted by atomic mass is 10.1. The van der Waals surface area contributed by atoms with Crippen LogP contribution in [0.3, 0.4) is 0 Å². The van der Waals surface area contributed by atoms with E-state index in [1.807, 2.05) is 49.4 Å². The molecule has 1 aromatic heterocycles. The normalized spacial score (nSPS) is 10.6. The van der Waals surface area contributed by atoms with Crippen LogP contribution in [0.5, 0.6) is 17.2 Å². The van der Waals surface area contributed by atoms with Gasteiger partial charge in [-0.05, 0) is 30.2 Å². The second kappa shape index (κ2) is 10.6. The largest absolute Gasteiger partial charge is 0.493 e. The topological polar surface area (TPSA) is 74.6 Å². The fourth-order valence-electron chi connectivity index (χ4n) is 3.50. The molecule has 4 aromatic rings. The smallest absolute Gasteiger partial charge is 0.257 e. The number of aryl methyl sites for hydroxylation is 1. The molecule has 0 bridgehead atoms. The molecule has 0 aliphatic carbocycles. The number of nitrogens with one attached hydrogen (secondary N) is 1. The summed E-state index contributed by atoms with van der Waals surface area (Å²) >= 11 is 0. The molecule has 0 saturated carbocycles. The van der Waals surface area contributed by atoms with E-state index in [2.05, 4.69) is 22.5 Å². The summed E-state index contributed by atoms with van der Waals surface area (Å²) in [6.07, 6.45) is 1.66. The number of ether oxygens (including phenoxy) is 3. The van der Waals surface area contributed by atoms with Gasteiger partial charge in [-0.15, -0.1) is 0 Å². The standard InChI is InChI=1S/C27H27N3O4/c1-19-9-11-20(12-10-19)17-30-25(13-14-28-30)29-27(31)22-15-23(32-2)26(24(16-22)33-3)34-18-21-7-5-4-6-8-21/h4-16H,17-18H2,1-3H3,(H,29,31). The Kier molecular flexibility index (Phi) is 7.13. The third-order valence-electron chi connectivity index (χ3n) is 5.36. The Hall–Kier alpha value is -4.26. The van der Waals surface area contributed by atoms with E-state index in [0.29, 0.717) is 41.8 Å². The zero-order chi connectivity index (χ0) is 23.9. The molecule has 7 heteroatoms. The summed E-state index contributed by atoms with van der Waals surface area (Å²) in [5, 5.41) is 7.28. The van der Waals surface area contributed by atoms with Gasteiger partial charge in [-0.2, -0.15) is 5.10 Å². The van der Waals surface area contributed by atoms with Crippen LogP contribution in [0.15, 0.2) is 79.0 Å². The number of aromatic nitrogens is 2. The summed E-state index contributed by atoms with van der Waals surface area (Å²) in [5.41, 5.74) is 3.67. The molecule has 34 heavy (non-hydrogen) atoms. The number of carbonyl (C=O) groups excluding carboxylic acids is 1. The summed E-state index contributed by atoms with van der Waals surface area (Å²) in [6.45, 7) is 2.93. The highest BCUT2D eigenvalue weighted by molar-refractivity contribution is 6.04. The molecular weight excluding hydrogens is 430 g/mol. The molecule has 3 aromatic carbocycles. The molecule has 0 aliphatic heterocycles. The average Bonchev–Trinajstić information content (AvgIpc) is 3.30. The quantitative estimate of drug-likeness (QED) is 0.379. The highest BCUT2D eigenvalue weighted by atomic mass is 16.5. The van der Waals surface area contributed by atoms with Crippen LogP contribution in [0.1, 0.15) is 27.0 Å². The molecular formula is C27H27N3O4. The van der Waals surface area contributed by atoms with Crippen LogP contribution in [0.4, 0.5) is 5.82 Å². The third-order valence-corrected chi connectivity index (χ3v) is 5.36. The summed E-state index contributed by atoms with van der Waals surface area (Å²) in [6, 6.07) is 23.0. The van der Waals surface area contributed by atoms with Crippen molar-refractivity contribution in [2.24, 2.45) is 0 Å².